The van der Waals surface area contributed by atoms with E-state index in [1.807, 2.05) is 44.3 Å². The van der Waals surface area contributed by atoms with Crippen molar-refractivity contribution >= 4 is 17.7 Å². The van der Waals surface area contributed by atoms with Crippen molar-refractivity contribution in [2.75, 3.05) is 12.8 Å². The highest BCUT2D eigenvalue weighted by atomic mass is 32.2. The second-order valence-electron chi connectivity index (χ2n) is 4.75. The highest BCUT2D eigenvalue weighted by Gasteiger charge is 2.19. The van der Waals surface area contributed by atoms with Gasteiger partial charge in [0, 0.05) is 11.9 Å². The third-order valence-corrected chi connectivity index (χ3v) is 4.53. The molecule has 3 nitrogen and oxygen atoms in total. The molecule has 0 spiro atoms. The van der Waals surface area contributed by atoms with Crippen LogP contribution in [0.4, 0.5) is 0 Å². The van der Waals surface area contributed by atoms with Crippen molar-refractivity contribution in [1.82, 2.24) is 4.90 Å². The Bertz CT molecular complexity index is 566. The maximum atomic E-state index is 12.2. The maximum absolute atomic E-state index is 12.2. The van der Waals surface area contributed by atoms with E-state index in [0.717, 1.165) is 10.7 Å². The zero-order chi connectivity index (χ0) is 14.5. The molecule has 1 aromatic carbocycles. The molecule has 0 aliphatic carbocycles. The first-order chi connectivity index (χ1) is 9.59. The summed E-state index contributed by atoms with van der Waals surface area (Å²) in [4.78, 5) is 15.1. The average Bonchev–Trinajstić information content (AvgIpc) is 2.98. The maximum Gasteiger partial charge on any atom is 0.233 e. The zero-order valence-electron chi connectivity index (χ0n) is 12.0. The summed E-state index contributed by atoms with van der Waals surface area (Å²) in [5.74, 6) is 1.34. The van der Waals surface area contributed by atoms with Crippen LogP contribution in [0, 0.1) is 6.92 Å². The Morgan fingerprint density at radius 3 is 2.70 bits per heavy atom. The molecule has 0 aliphatic rings. The van der Waals surface area contributed by atoms with E-state index in [0.29, 0.717) is 5.75 Å². The minimum absolute atomic E-state index is 0.0463. The summed E-state index contributed by atoms with van der Waals surface area (Å²) in [5.41, 5.74) is 1.20. The molecular formula is C16H19NO2S. The molecule has 106 valence electrons. The van der Waals surface area contributed by atoms with E-state index in [1.54, 1.807) is 22.9 Å². The first-order valence-electron chi connectivity index (χ1n) is 6.57. The number of nitrogens with zero attached hydrogens (tertiary/aromatic N) is 1. The van der Waals surface area contributed by atoms with Gasteiger partial charge in [-0.05, 0) is 37.6 Å². The van der Waals surface area contributed by atoms with Crippen LogP contribution in [-0.4, -0.2) is 23.6 Å². The number of aryl methyl sites for hydroxylation is 1. The van der Waals surface area contributed by atoms with Gasteiger partial charge in [0.2, 0.25) is 5.91 Å². The summed E-state index contributed by atoms with van der Waals surface area (Å²) >= 11 is 1.58. The summed E-state index contributed by atoms with van der Waals surface area (Å²) in [6.07, 6.45) is 1.63. The summed E-state index contributed by atoms with van der Waals surface area (Å²) < 4.78 is 5.35. The fourth-order valence-corrected chi connectivity index (χ4v) is 2.85. The van der Waals surface area contributed by atoms with E-state index in [4.69, 9.17) is 4.42 Å². The molecule has 0 saturated carbocycles. The Balaban J connectivity index is 1.93. The summed E-state index contributed by atoms with van der Waals surface area (Å²) in [7, 11) is 1.81. The number of rotatable bonds is 5. The largest absolute Gasteiger partial charge is 0.467 e. The molecule has 20 heavy (non-hydrogen) atoms. The quantitative estimate of drug-likeness (QED) is 0.783. The van der Waals surface area contributed by atoms with Gasteiger partial charge in [-0.1, -0.05) is 18.2 Å². The highest BCUT2D eigenvalue weighted by molar-refractivity contribution is 8.00. The van der Waals surface area contributed by atoms with Crippen LogP contribution in [0.2, 0.25) is 0 Å². The van der Waals surface area contributed by atoms with Crippen LogP contribution < -0.4 is 0 Å². The number of carbonyl (C=O) groups is 1. The molecule has 1 heterocycles. The highest BCUT2D eigenvalue weighted by Crippen LogP contribution is 2.24. The smallest absolute Gasteiger partial charge is 0.233 e. The zero-order valence-corrected chi connectivity index (χ0v) is 12.8. The van der Waals surface area contributed by atoms with Gasteiger partial charge in [-0.2, -0.15) is 0 Å². The van der Waals surface area contributed by atoms with Gasteiger partial charge in [-0.25, -0.2) is 0 Å². The van der Waals surface area contributed by atoms with Crippen LogP contribution in [-0.2, 0) is 4.79 Å². The number of hydrogen-bond donors (Lipinski definition) is 0. The molecule has 0 fully saturated rings. The predicted octanol–water partition coefficient (Wildman–Crippen LogP) is 3.90. The lowest BCUT2D eigenvalue weighted by Crippen LogP contribution is -2.30. The van der Waals surface area contributed by atoms with Gasteiger partial charge in [-0.15, -0.1) is 11.8 Å². The fraction of sp³-hybridized carbons (Fsp3) is 0.312. The normalized spacial score (nSPS) is 12.2. The Labute approximate surface area is 124 Å². The van der Waals surface area contributed by atoms with E-state index in [9.17, 15) is 4.79 Å². The third-order valence-electron chi connectivity index (χ3n) is 3.37. The first-order valence-corrected chi connectivity index (χ1v) is 7.55. The molecule has 0 radical (unpaired) electrons. The number of carbonyl (C=O) groups excluding carboxylic acids is 1. The lowest BCUT2D eigenvalue weighted by molar-refractivity contribution is -0.129. The van der Waals surface area contributed by atoms with E-state index >= 15 is 0 Å². The Hall–Kier alpha value is -1.68. The van der Waals surface area contributed by atoms with Crippen LogP contribution in [0.25, 0.3) is 0 Å². The van der Waals surface area contributed by atoms with Gasteiger partial charge in [0.15, 0.2) is 0 Å². The number of furan rings is 1. The van der Waals surface area contributed by atoms with E-state index in [2.05, 4.69) is 13.0 Å². The monoisotopic (exact) mass is 289 g/mol. The Morgan fingerprint density at radius 2 is 2.05 bits per heavy atom. The number of hydrogen-bond acceptors (Lipinski definition) is 3. The molecule has 2 rings (SSSR count). The van der Waals surface area contributed by atoms with Gasteiger partial charge in [0.1, 0.15) is 5.76 Å². The molecule has 2 aromatic rings. The van der Waals surface area contributed by atoms with Crippen LogP contribution in [0.3, 0.4) is 0 Å². The van der Waals surface area contributed by atoms with Crippen molar-refractivity contribution in [3.05, 3.63) is 54.0 Å². The average molecular weight is 289 g/mol. The lowest BCUT2D eigenvalue weighted by Gasteiger charge is -2.23. The molecule has 0 bridgehead atoms. The molecule has 1 aromatic heterocycles. The van der Waals surface area contributed by atoms with Crippen LogP contribution in [0.15, 0.2) is 52.0 Å². The van der Waals surface area contributed by atoms with E-state index in [1.165, 1.54) is 5.56 Å². The Kier molecular flexibility index (Phi) is 4.90. The summed E-state index contributed by atoms with van der Waals surface area (Å²) in [6.45, 7) is 4.02. The molecular weight excluding hydrogens is 270 g/mol. The van der Waals surface area contributed by atoms with Crippen molar-refractivity contribution in [3.8, 4) is 0 Å². The van der Waals surface area contributed by atoms with E-state index < -0.39 is 0 Å². The topological polar surface area (TPSA) is 33.5 Å². The van der Waals surface area contributed by atoms with E-state index in [-0.39, 0.29) is 11.9 Å². The van der Waals surface area contributed by atoms with Crippen molar-refractivity contribution < 1.29 is 9.21 Å². The minimum Gasteiger partial charge on any atom is -0.467 e. The van der Waals surface area contributed by atoms with Crippen LogP contribution in [0.5, 0.6) is 0 Å². The standard InChI is InChI=1S/C16H19NO2S/c1-12-7-4-5-9-15(12)20-11-16(18)17(3)13(2)14-8-6-10-19-14/h4-10,13H,11H2,1-3H3. The number of amides is 1. The molecule has 1 unspecified atom stereocenters. The molecule has 4 heteroatoms. The van der Waals surface area contributed by atoms with Gasteiger partial charge in [-0.3, -0.25) is 4.79 Å². The molecule has 0 N–H and O–H groups in total. The number of thioether (sulfide) groups is 1. The first kappa shape index (κ1) is 14.7. The van der Waals surface area contributed by atoms with Crippen molar-refractivity contribution in [3.63, 3.8) is 0 Å². The van der Waals surface area contributed by atoms with Gasteiger partial charge in [0.05, 0.1) is 18.1 Å². The van der Waals surface area contributed by atoms with Crippen molar-refractivity contribution in [1.29, 1.82) is 0 Å². The Morgan fingerprint density at radius 1 is 1.30 bits per heavy atom. The van der Waals surface area contributed by atoms with Gasteiger partial charge in [0.25, 0.3) is 0 Å². The second kappa shape index (κ2) is 6.66. The number of benzene rings is 1. The third kappa shape index (κ3) is 3.45. The lowest BCUT2D eigenvalue weighted by atomic mass is 10.2. The molecule has 0 saturated heterocycles. The van der Waals surface area contributed by atoms with Gasteiger partial charge >= 0.3 is 0 Å². The molecule has 0 aliphatic heterocycles. The SMILES string of the molecule is Cc1ccccc1SCC(=O)N(C)C(C)c1ccco1. The minimum atomic E-state index is -0.0463. The summed E-state index contributed by atoms with van der Waals surface area (Å²) in [6, 6.07) is 11.8. The fourth-order valence-electron chi connectivity index (χ4n) is 1.90. The molecule has 1 atom stereocenters. The predicted molar refractivity (Wildman–Crippen MR) is 81.8 cm³/mol. The van der Waals surface area contributed by atoms with Crippen LogP contribution >= 0.6 is 11.8 Å². The van der Waals surface area contributed by atoms with Crippen molar-refractivity contribution in [2.45, 2.75) is 24.8 Å². The van der Waals surface area contributed by atoms with Crippen molar-refractivity contribution in [2.24, 2.45) is 0 Å². The second-order valence-corrected chi connectivity index (χ2v) is 5.77. The summed E-state index contributed by atoms with van der Waals surface area (Å²) in [5, 5.41) is 0. The molecule has 1 amide bonds. The van der Waals surface area contributed by atoms with Crippen LogP contribution in [0.1, 0.15) is 24.3 Å². The van der Waals surface area contributed by atoms with Gasteiger partial charge < -0.3 is 9.32 Å².